The van der Waals surface area contributed by atoms with E-state index in [1.165, 1.54) is 55.4 Å². The van der Waals surface area contributed by atoms with Gasteiger partial charge in [-0.3, -0.25) is 4.79 Å². The van der Waals surface area contributed by atoms with E-state index in [1.54, 1.807) is 11.3 Å². The van der Waals surface area contributed by atoms with Gasteiger partial charge in [0.15, 0.2) is 0 Å². The third kappa shape index (κ3) is 3.32. The van der Waals surface area contributed by atoms with Crippen molar-refractivity contribution in [3.63, 3.8) is 0 Å². The number of amides is 1. The van der Waals surface area contributed by atoms with Crippen molar-refractivity contribution in [3.8, 4) is 6.07 Å². The van der Waals surface area contributed by atoms with E-state index in [0.29, 0.717) is 12.0 Å². The topological polar surface area (TPSA) is 69.5 Å². The van der Waals surface area contributed by atoms with E-state index in [2.05, 4.69) is 16.7 Å². The van der Waals surface area contributed by atoms with Crippen LogP contribution in [0.15, 0.2) is 0 Å². The molecule has 5 heteroatoms. The number of nitrogens with one attached hydrogen (secondary N) is 1. The number of thiophene rings is 1. The van der Waals surface area contributed by atoms with Gasteiger partial charge >= 0.3 is 0 Å². The first-order valence-corrected chi connectivity index (χ1v) is 11.6. The molecule has 4 saturated carbocycles. The minimum Gasteiger partial charge on any atom is -0.341 e. The molecule has 5 aliphatic carbocycles. The molecule has 5 aliphatic rings. The summed E-state index contributed by atoms with van der Waals surface area (Å²) in [6.45, 7) is 0.880. The molecule has 0 spiro atoms. The van der Waals surface area contributed by atoms with Crippen molar-refractivity contribution >= 4 is 22.2 Å². The van der Waals surface area contributed by atoms with Gasteiger partial charge in [0.25, 0.3) is 0 Å². The minimum atomic E-state index is 0.0751. The summed E-state index contributed by atoms with van der Waals surface area (Å²) >= 11 is 1.63. The summed E-state index contributed by atoms with van der Waals surface area (Å²) in [4.78, 5) is 13.9. The number of aryl methyl sites for hydroxylation is 1. The van der Waals surface area contributed by atoms with Gasteiger partial charge in [-0.2, -0.15) is 5.26 Å². The zero-order valence-corrected chi connectivity index (χ0v) is 16.9. The maximum Gasteiger partial charge on any atom is 0.230 e. The molecular formula is C22H30N3OS+. The molecule has 6 rings (SSSR count). The summed E-state index contributed by atoms with van der Waals surface area (Å²) in [5.74, 6) is 2.94. The summed E-state index contributed by atoms with van der Waals surface area (Å²) < 4.78 is 0. The predicted molar refractivity (Wildman–Crippen MR) is 107 cm³/mol. The number of hydrogen-bond donors (Lipinski definition) is 2. The molecule has 144 valence electrons. The van der Waals surface area contributed by atoms with Crippen LogP contribution in [0.3, 0.4) is 0 Å². The van der Waals surface area contributed by atoms with E-state index in [9.17, 15) is 10.1 Å². The Balaban J connectivity index is 1.18. The molecule has 0 aromatic carbocycles. The molecule has 4 bridgehead atoms. The van der Waals surface area contributed by atoms with Crippen LogP contribution >= 0.6 is 11.3 Å². The number of quaternary nitrogens is 1. The maximum atomic E-state index is 12.5. The number of nitriles is 1. The molecule has 0 atom stereocenters. The lowest BCUT2D eigenvalue weighted by atomic mass is 9.53. The van der Waals surface area contributed by atoms with Gasteiger partial charge in [-0.1, -0.05) is 0 Å². The van der Waals surface area contributed by atoms with E-state index in [-0.39, 0.29) is 5.91 Å². The highest BCUT2D eigenvalue weighted by Crippen LogP contribution is 2.54. The largest absolute Gasteiger partial charge is 0.341 e. The Morgan fingerprint density at radius 3 is 2.48 bits per heavy atom. The van der Waals surface area contributed by atoms with Crippen LogP contribution in [-0.2, 0) is 17.6 Å². The molecule has 0 saturated heterocycles. The molecule has 1 aromatic heterocycles. The molecule has 0 unspecified atom stereocenters. The van der Waals surface area contributed by atoms with Gasteiger partial charge in [0.05, 0.1) is 24.1 Å². The summed E-state index contributed by atoms with van der Waals surface area (Å²) in [6.07, 6.45) is 13.5. The number of carbonyl (C=O) groups excluding carboxylic acids is 1. The standard InChI is InChI=1S/C22H29N3OS/c23-13-18-17-3-1-2-4-19(17)27-21(18)25-20(26)5-6-24-22-10-14-7-15(11-22)9-16(8-14)12-22/h14-16,24H,1-12H2,(H,25,26)/p+1. The average molecular weight is 385 g/mol. The normalized spacial score (nSPS) is 33.5. The molecule has 1 heterocycles. The number of hydrogen-bond acceptors (Lipinski definition) is 3. The molecule has 1 aromatic rings. The van der Waals surface area contributed by atoms with E-state index >= 15 is 0 Å². The molecule has 0 radical (unpaired) electrons. The number of rotatable bonds is 5. The highest BCUT2D eigenvalue weighted by Gasteiger charge is 2.53. The van der Waals surface area contributed by atoms with Gasteiger partial charge in [0, 0.05) is 24.1 Å². The highest BCUT2D eigenvalue weighted by atomic mass is 32.1. The van der Waals surface area contributed by atoms with Gasteiger partial charge in [-0.15, -0.1) is 11.3 Å². The third-order valence-electron chi connectivity index (χ3n) is 7.57. The van der Waals surface area contributed by atoms with Gasteiger partial charge in [-0.25, -0.2) is 0 Å². The zero-order valence-electron chi connectivity index (χ0n) is 16.1. The minimum absolute atomic E-state index is 0.0751. The fraction of sp³-hybridized carbons (Fsp3) is 0.727. The highest BCUT2D eigenvalue weighted by molar-refractivity contribution is 7.16. The smallest absolute Gasteiger partial charge is 0.230 e. The second-order valence-electron chi connectivity index (χ2n) is 9.60. The SMILES string of the molecule is N#Cc1c(NC(=O)CC[NH2+]C23CC4CC(CC(C4)C2)C3)sc2c1CCCC2. The van der Waals surface area contributed by atoms with E-state index < -0.39 is 0 Å². The first-order chi connectivity index (χ1) is 13.1. The average Bonchev–Trinajstić information content (AvgIpc) is 2.97. The fourth-order valence-electron chi connectivity index (χ4n) is 6.90. The monoisotopic (exact) mass is 384 g/mol. The van der Waals surface area contributed by atoms with Crippen LogP contribution in [0.1, 0.15) is 73.8 Å². The molecule has 4 nitrogen and oxygen atoms in total. The molecule has 27 heavy (non-hydrogen) atoms. The quantitative estimate of drug-likeness (QED) is 0.817. The number of fused-ring (bicyclic) bond motifs is 1. The van der Waals surface area contributed by atoms with Crippen LogP contribution in [0.5, 0.6) is 0 Å². The second kappa shape index (κ2) is 6.90. The van der Waals surface area contributed by atoms with Crippen molar-refractivity contribution in [1.29, 1.82) is 5.26 Å². The summed E-state index contributed by atoms with van der Waals surface area (Å²) in [7, 11) is 0. The van der Waals surface area contributed by atoms with Gasteiger partial charge < -0.3 is 10.6 Å². The van der Waals surface area contributed by atoms with Gasteiger partial charge in [-0.05, 0) is 68.3 Å². The molecule has 4 fully saturated rings. The molecular weight excluding hydrogens is 354 g/mol. The van der Waals surface area contributed by atoms with Gasteiger partial charge in [0.2, 0.25) is 5.91 Å². The van der Waals surface area contributed by atoms with E-state index in [0.717, 1.165) is 54.1 Å². The van der Waals surface area contributed by atoms with Crippen molar-refractivity contribution in [2.75, 3.05) is 11.9 Å². The Morgan fingerprint density at radius 2 is 1.81 bits per heavy atom. The maximum absolute atomic E-state index is 12.5. The van der Waals surface area contributed by atoms with Crippen LogP contribution in [0.25, 0.3) is 0 Å². The van der Waals surface area contributed by atoms with Gasteiger partial charge in [0.1, 0.15) is 11.1 Å². The van der Waals surface area contributed by atoms with E-state index in [1.807, 2.05) is 0 Å². The third-order valence-corrected chi connectivity index (χ3v) is 8.78. The first-order valence-electron chi connectivity index (χ1n) is 10.8. The Bertz CT molecular complexity index is 755. The summed E-state index contributed by atoms with van der Waals surface area (Å²) in [5.41, 5.74) is 2.37. The van der Waals surface area contributed by atoms with Crippen LogP contribution in [-0.4, -0.2) is 18.0 Å². The zero-order chi connectivity index (χ0) is 18.4. The van der Waals surface area contributed by atoms with E-state index in [4.69, 9.17) is 0 Å². The van der Waals surface area contributed by atoms with Crippen LogP contribution in [0.2, 0.25) is 0 Å². The van der Waals surface area contributed by atoms with Crippen LogP contribution < -0.4 is 10.6 Å². The van der Waals surface area contributed by atoms with Crippen LogP contribution in [0.4, 0.5) is 5.00 Å². The molecule has 3 N–H and O–H groups in total. The van der Waals surface area contributed by atoms with Crippen molar-refractivity contribution in [3.05, 3.63) is 16.0 Å². The lowest BCUT2D eigenvalue weighted by Crippen LogP contribution is -2.99. The van der Waals surface area contributed by atoms with Crippen molar-refractivity contribution in [2.24, 2.45) is 17.8 Å². The molecule has 0 aliphatic heterocycles. The lowest BCUT2D eigenvalue weighted by molar-refractivity contribution is -0.738. The lowest BCUT2D eigenvalue weighted by Gasteiger charge is -2.54. The predicted octanol–water partition coefficient (Wildman–Crippen LogP) is 3.36. The Labute approximate surface area is 165 Å². The van der Waals surface area contributed by atoms with Crippen LogP contribution in [0, 0.1) is 29.1 Å². The second-order valence-corrected chi connectivity index (χ2v) is 10.7. The Morgan fingerprint density at radius 1 is 1.15 bits per heavy atom. The Hall–Kier alpha value is -1.38. The number of nitrogens with zero attached hydrogens (tertiary/aromatic N) is 1. The molecule has 1 amide bonds. The number of carbonyl (C=O) groups is 1. The number of nitrogens with two attached hydrogens (primary N) is 1. The van der Waals surface area contributed by atoms with Crippen molar-refractivity contribution in [2.45, 2.75) is 76.2 Å². The Kier molecular flexibility index (Phi) is 4.52. The summed E-state index contributed by atoms with van der Waals surface area (Å²) in [6, 6.07) is 2.34. The summed E-state index contributed by atoms with van der Waals surface area (Å²) in [5, 5.41) is 15.9. The van der Waals surface area contributed by atoms with Crippen molar-refractivity contribution in [1.82, 2.24) is 0 Å². The number of anilines is 1. The first kappa shape index (κ1) is 17.7. The fourth-order valence-corrected chi connectivity index (χ4v) is 8.15. The van der Waals surface area contributed by atoms with Crippen molar-refractivity contribution < 1.29 is 10.1 Å².